The van der Waals surface area contributed by atoms with Gasteiger partial charge < -0.3 is 20.1 Å². The van der Waals surface area contributed by atoms with Crippen molar-refractivity contribution in [3.8, 4) is 11.5 Å². The van der Waals surface area contributed by atoms with Gasteiger partial charge in [0.1, 0.15) is 11.5 Å². The summed E-state index contributed by atoms with van der Waals surface area (Å²) >= 11 is 0. The lowest BCUT2D eigenvalue weighted by Crippen LogP contribution is -2.39. The molecule has 1 aromatic carbocycles. The largest absolute Gasteiger partial charge is 0.497 e. The molecule has 11 heteroatoms. The van der Waals surface area contributed by atoms with Crippen molar-refractivity contribution in [2.45, 2.75) is 33.4 Å². The van der Waals surface area contributed by atoms with E-state index in [0.717, 1.165) is 0 Å². The number of alkyl halides is 2. The van der Waals surface area contributed by atoms with Gasteiger partial charge in [-0.05, 0) is 31.5 Å². The second kappa shape index (κ2) is 12.4. The molecule has 29 heavy (non-hydrogen) atoms. The van der Waals surface area contributed by atoms with E-state index in [-0.39, 0.29) is 12.3 Å². The summed E-state index contributed by atoms with van der Waals surface area (Å²) in [5, 5.41) is 6.17. The molecule has 0 aromatic heterocycles. The first-order chi connectivity index (χ1) is 13.7. The molecule has 2 N–H and O–H groups in total. The SMILES string of the molecule is CCNC(=NCc1cc(OC)ccc1OC(F)F)NCCCN(CC)S(C)(=O)=O. The number of rotatable bonds is 12. The summed E-state index contributed by atoms with van der Waals surface area (Å²) in [6, 6.07) is 4.55. The van der Waals surface area contributed by atoms with Crippen LogP contribution in [0.25, 0.3) is 0 Å². The van der Waals surface area contributed by atoms with Crippen molar-refractivity contribution in [3.05, 3.63) is 23.8 Å². The van der Waals surface area contributed by atoms with Crippen LogP contribution in [0.15, 0.2) is 23.2 Å². The van der Waals surface area contributed by atoms with Crippen LogP contribution in [0.4, 0.5) is 8.78 Å². The predicted octanol–water partition coefficient (Wildman–Crippen LogP) is 2.02. The second-order valence-corrected chi connectivity index (χ2v) is 8.06. The zero-order chi connectivity index (χ0) is 21.9. The number of nitrogens with one attached hydrogen (secondary N) is 2. The number of ether oxygens (including phenoxy) is 2. The number of hydrogen-bond donors (Lipinski definition) is 2. The summed E-state index contributed by atoms with van der Waals surface area (Å²) in [5.74, 6) is 1.03. The third-order valence-corrected chi connectivity index (χ3v) is 5.31. The van der Waals surface area contributed by atoms with Crippen LogP contribution >= 0.6 is 0 Å². The van der Waals surface area contributed by atoms with Crippen molar-refractivity contribution >= 4 is 16.0 Å². The molecule has 0 amide bonds. The summed E-state index contributed by atoms with van der Waals surface area (Å²) in [5.41, 5.74) is 0.455. The zero-order valence-electron chi connectivity index (χ0n) is 17.2. The molecule has 166 valence electrons. The topological polar surface area (TPSA) is 92.3 Å². The molecule has 8 nitrogen and oxygen atoms in total. The standard InChI is InChI=1S/C18H30F2N4O4S/c1-5-21-18(22-10-7-11-24(6-2)29(4,25)26)23-13-14-12-15(27-3)8-9-16(14)28-17(19)20/h8-9,12,17H,5-7,10-11,13H2,1-4H3,(H2,21,22,23). The number of hydrogen-bond acceptors (Lipinski definition) is 5. The molecule has 0 aliphatic heterocycles. The van der Waals surface area contributed by atoms with Crippen molar-refractivity contribution in [2.24, 2.45) is 4.99 Å². The number of nitrogens with zero attached hydrogens (tertiary/aromatic N) is 2. The van der Waals surface area contributed by atoms with Crippen LogP contribution in [0.1, 0.15) is 25.8 Å². The number of methoxy groups -OCH3 is 1. The number of guanidine groups is 1. The maximum Gasteiger partial charge on any atom is 0.387 e. The lowest BCUT2D eigenvalue weighted by atomic mass is 10.2. The highest BCUT2D eigenvalue weighted by molar-refractivity contribution is 7.88. The van der Waals surface area contributed by atoms with Crippen LogP contribution in [0, 0.1) is 0 Å². The molecule has 0 heterocycles. The molecular weight excluding hydrogens is 406 g/mol. The smallest absolute Gasteiger partial charge is 0.387 e. The Kier molecular flexibility index (Phi) is 10.7. The minimum Gasteiger partial charge on any atom is -0.497 e. The fourth-order valence-electron chi connectivity index (χ4n) is 2.54. The van der Waals surface area contributed by atoms with E-state index in [1.807, 2.05) is 6.92 Å². The van der Waals surface area contributed by atoms with Crippen molar-refractivity contribution < 1.29 is 26.7 Å². The molecular formula is C18H30F2N4O4S. The molecule has 1 aromatic rings. The van der Waals surface area contributed by atoms with Gasteiger partial charge in [0.25, 0.3) is 0 Å². The Morgan fingerprint density at radius 3 is 2.55 bits per heavy atom. The van der Waals surface area contributed by atoms with E-state index in [1.54, 1.807) is 13.0 Å². The van der Waals surface area contributed by atoms with E-state index in [2.05, 4.69) is 20.4 Å². The summed E-state index contributed by atoms with van der Waals surface area (Å²) in [4.78, 5) is 4.39. The van der Waals surface area contributed by atoms with Crippen LogP contribution in [-0.4, -0.2) is 64.8 Å². The van der Waals surface area contributed by atoms with Crippen LogP contribution < -0.4 is 20.1 Å². The predicted molar refractivity (Wildman–Crippen MR) is 109 cm³/mol. The van der Waals surface area contributed by atoms with E-state index in [0.29, 0.717) is 49.9 Å². The fourth-order valence-corrected chi connectivity index (χ4v) is 3.47. The van der Waals surface area contributed by atoms with E-state index < -0.39 is 16.6 Å². The number of aliphatic imine (C=N–C) groups is 1. The first kappa shape index (κ1) is 24.9. The minimum absolute atomic E-state index is 0.0344. The fraction of sp³-hybridized carbons (Fsp3) is 0.611. The van der Waals surface area contributed by atoms with Crippen LogP contribution in [0.3, 0.4) is 0 Å². The average molecular weight is 437 g/mol. The first-order valence-corrected chi connectivity index (χ1v) is 11.1. The van der Waals surface area contributed by atoms with Gasteiger partial charge in [-0.25, -0.2) is 17.7 Å². The van der Waals surface area contributed by atoms with Gasteiger partial charge in [0.05, 0.1) is 19.9 Å². The Bertz CT molecular complexity index is 760. The van der Waals surface area contributed by atoms with Gasteiger partial charge in [-0.15, -0.1) is 0 Å². The summed E-state index contributed by atoms with van der Waals surface area (Å²) < 4.78 is 59.5. The van der Waals surface area contributed by atoms with Gasteiger partial charge in [0.15, 0.2) is 5.96 Å². The first-order valence-electron chi connectivity index (χ1n) is 9.30. The molecule has 0 radical (unpaired) electrons. The molecule has 1 rings (SSSR count). The van der Waals surface area contributed by atoms with Crippen molar-refractivity contribution in [1.29, 1.82) is 0 Å². The zero-order valence-corrected chi connectivity index (χ0v) is 18.1. The lowest BCUT2D eigenvalue weighted by molar-refractivity contribution is -0.0504. The molecule has 0 aliphatic carbocycles. The van der Waals surface area contributed by atoms with E-state index in [1.165, 1.54) is 29.8 Å². The van der Waals surface area contributed by atoms with E-state index in [9.17, 15) is 17.2 Å². The number of sulfonamides is 1. The van der Waals surface area contributed by atoms with Gasteiger partial charge in [-0.3, -0.25) is 0 Å². The Balaban J connectivity index is 2.76. The van der Waals surface area contributed by atoms with E-state index >= 15 is 0 Å². The molecule has 0 aliphatic rings. The van der Waals surface area contributed by atoms with Crippen molar-refractivity contribution in [3.63, 3.8) is 0 Å². The van der Waals surface area contributed by atoms with Gasteiger partial charge >= 0.3 is 6.61 Å². The molecule has 0 saturated heterocycles. The highest BCUT2D eigenvalue weighted by Crippen LogP contribution is 2.26. The number of halogens is 2. The molecule has 0 bridgehead atoms. The van der Waals surface area contributed by atoms with Gasteiger partial charge in [0, 0.05) is 31.7 Å². The van der Waals surface area contributed by atoms with Crippen LogP contribution in [0.5, 0.6) is 11.5 Å². The maximum absolute atomic E-state index is 12.6. The van der Waals surface area contributed by atoms with Crippen LogP contribution in [0.2, 0.25) is 0 Å². The Morgan fingerprint density at radius 1 is 1.28 bits per heavy atom. The molecule has 0 saturated carbocycles. The van der Waals surface area contributed by atoms with Crippen LogP contribution in [-0.2, 0) is 16.6 Å². The molecule has 0 unspecified atom stereocenters. The molecule has 0 atom stereocenters. The lowest BCUT2D eigenvalue weighted by Gasteiger charge is -2.18. The van der Waals surface area contributed by atoms with Gasteiger partial charge in [-0.2, -0.15) is 8.78 Å². The quantitative estimate of drug-likeness (QED) is 0.296. The highest BCUT2D eigenvalue weighted by Gasteiger charge is 2.14. The third-order valence-electron chi connectivity index (χ3n) is 3.93. The molecule has 0 fully saturated rings. The second-order valence-electron chi connectivity index (χ2n) is 6.08. The highest BCUT2D eigenvalue weighted by atomic mass is 32.2. The van der Waals surface area contributed by atoms with E-state index in [4.69, 9.17) is 4.74 Å². The maximum atomic E-state index is 12.6. The normalized spacial score (nSPS) is 12.3. The Hall–Kier alpha value is -2.14. The Morgan fingerprint density at radius 2 is 2.00 bits per heavy atom. The van der Waals surface area contributed by atoms with Gasteiger partial charge in [0.2, 0.25) is 10.0 Å². The van der Waals surface area contributed by atoms with Crippen molar-refractivity contribution in [2.75, 3.05) is 39.5 Å². The monoisotopic (exact) mass is 436 g/mol. The minimum atomic E-state index is -3.22. The summed E-state index contributed by atoms with van der Waals surface area (Å²) in [7, 11) is -1.74. The van der Waals surface area contributed by atoms with Gasteiger partial charge in [-0.1, -0.05) is 6.92 Å². The number of benzene rings is 1. The third kappa shape index (κ3) is 9.27. The van der Waals surface area contributed by atoms with Crippen molar-refractivity contribution in [1.82, 2.24) is 14.9 Å². The molecule has 0 spiro atoms. The Labute approximate surface area is 171 Å². The average Bonchev–Trinajstić information content (AvgIpc) is 2.65. The summed E-state index contributed by atoms with van der Waals surface area (Å²) in [6.45, 7) is 2.75. The summed E-state index contributed by atoms with van der Waals surface area (Å²) in [6.07, 6.45) is 1.77.